The van der Waals surface area contributed by atoms with E-state index in [0.717, 1.165) is 5.69 Å². The van der Waals surface area contributed by atoms with Gasteiger partial charge in [-0.3, -0.25) is 4.79 Å². The smallest absolute Gasteiger partial charge is 0.326 e. The fourth-order valence-corrected chi connectivity index (χ4v) is 3.12. The number of aromatic nitrogens is 1. The molecule has 25 heavy (non-hydrogen) atoms. The minimum absolute atomic E-state index is 0.0614. The highest BCUT2D eigenvalue weighted by Crippen LogP contribution is 2.10. The minimum atomic E-state index is -3.30. The third-order valence-corrected chi connectivity index (χ3v) is 5.53. The van der Waals surface area contributed by atoms with Gasteiger partial charge in [-0.2, -0.15) is 0 Å². The Morgan fingerprint density at radius 1 is 1.16 bits per heavy atom. The van der Waals surface area contributed by atoms with Crippen molar-refractivity contribution in [3.05, 3.63) is 54.4 Å². The van der Waals surface area contributed by atoms with Gasteiger partial charge in [-0.1, -0.05) is 6.92 Å². The van der Waals surface area contributed by atoms with Crippen LogP contribution in [0.3, 0.4) is 0 Å². The molecule has 2 rings (SSSR count). The summed E-state index contributed by atoms with van der Waals surface area (Å²) in [6.07, 6.45) is 3.56. The Kier molecular flexibility index (Phi) is 5.97. The van der Waals surface area contributed by atoms with Crippen molar-refractivity contribution in [2.45, 2.75) is 19.4 Å². The summed E-state index contributed by atoms with van der Waals surface area (Å²) in [6.45, 7) is 1.50. The first kappa shape index (κ1) is 18.7. The van der Waals surface area contributed by atoms with Crippen LogP contribution in [0.25, 0.3) is 5.69 Å². The molecule has 1 unspecified atom stereocenters. The van der Waals surface area contributed by atoms with Crippen LogP contribution in [0.1, 0.15) is 23.7 Å². The number of rotatable bonds is 8. The van der Waals surface area contributed by atoms with E-state index in [1.165, 1.54) is 6.92 Å². The predicted octanol–water partition coefficient (Wildman–Crippen LogP) is 1.49. The number of carbonyl (C=O) groups excluding carboxylic acids is 1. The summed E-state index contributed by atoms with van der Waals surface area (Å²) in [7, 11) is -3.30. The normalized spacial score (nSPS) is 12.5. The van der Waals surface area contributed by atoms with E-state index < -0.39 is 27.8 Å². The maximum Gasteiger partial charge on any atom is 0.326 e. The number of carboxylic acids is 1. The van der Waals surface area contributed by atoms with Crippen molar-refractivity contribution in [1.29, 1.82) is 0 Å². The molecule has 1 heterocycles. The summed E-state index contributed by atoms with van der Waals surface area (Å²) >= 11 is 0. The molecule has 7 nitrogen and oxygen atoms in total. The molecule has 1 amide bonds. The lowest BCUT2D eigenvalue weighted by atomic mass is 10.1. The molecule has 0 bridgehead atoms. The van der Waals surface area contributed by atoms with Gasteiger partial charge in [0, 0.05) is 29.4 Å². The summed E-state index contributed by atoms with van der Waals surface area (Å²) in [5, 5.41) is 11.6. The molecule has 0 spiro atoms. The number of nitrogens with one attached hydrogen (secondary N) is 1. The fourth-order valence-electron chi connectivity index (χ4n) is 2.23. The second-order valence-electron chi connectivity index (χ2n) is 5.53. The number of benzene rings is 1. The van der Waals surface area contributed by atoms with Gasteiger partial charge in [-0.25, -0.2) is 13.2 Å². The van der Waals surface area contributed by atoms with Crippen molar-refractivity contribution >= 4 is 21.7 Å². The van der Waals surface area contributed by atoms with Crippen LogP contribution in [-0.4, -0.2) is 47.5 Å². The zero-order chi connectivity index (χ0) is 18.4. The van der Waals surface area contributed by atoms with E-state index in [1.807, 2.05) is 29.1 Å². The molecule has 8 heteroatoms. The van der Waals surface area contributed by atoms with Crippen molar-refractivity contribution in [3.8, 4) is 5.69 Å². The van der Waals surface area contributed by atoms with Crippen molar-refractivity contribution in [2.24, 2.45) is 0 Å². The number of sulfone groups is 1. The number of hydrogen-bond donors (Lipinski definition) is 2. The third-order valence-electron chi connectivity index (χ3n) is 3.79. The largest absolute Gasteiger partial charge is 0.480 e. The molecular weight excluding hydrogens is 344 g/mol. The Hall–Kier alpha value is -2.61. The van der Waals surface area contributed by atoms with Crippen molar-refractivity contribution < 1.29 is 23.1 Å². The molecule has 0 aliphatic heterocycles. The molecule has 0 aliphatic rings. The summed E-state index contributed by atoms with van der Waals surface area (Å²) in [6, 6.07) is 9.17. The molecule has 1 atom stereocenters. The zero-order valence-corrected chi connectivity index (χ0v) is 14.6. The highest BCUT2D eigenvalue weighted by Gasteiger charge is 2.23. The highest BCUT2D eigenvalue weighted by molar-refractivity contribution is 7.91. The average Bonchev–Trinajstić information content (AvgIpc) is 3.13. The number of amides is 1. The van der Waals surface area contributed by atoms with E-state index in [2.05, 4.69) is 5.32 Å². The summed E-state index contributed by atoms with van der Waals surface area (Å²) < 4.78 is 24.9. The molecule has 1 aromatic carbocycles. The first-order valence-electron chi connectivity index (χ1n) is 7.80. The summed E-state index contributed by atoms with van der Waals surface area (Å²) in [5.41, 5.74) is 1.17. The van der Waals surface area contributed by atoms with Crippen LogP contribution in [-0.2, 0) is 14.6 Å². The van der Waals surface area contributed by atoms with Gasteiger partial charge >= 0.3 is 5.97 Å². The Bertz CT molecular complexity index is 826. The molecule has 1 aromatic heterocycles. The van der Waals surface area contributed by atoms with Gasteiger partial charge in [0.05, 0.1) is 5.75 Å². The molecule has 0 saturated heterocycles. The van der Waals surface area contributed by atoms with Gasteiger partial charge in [0.2, 0.25) is 0 Å². The quantitative estimate of drug-likeness (QED) is 0.738. The van der Waals surface area contributed by atoms with Crippen molar-refractivity contribution in [3.63, 3.8) is 0 Å². The topological polar surface area (TPSA) is 105 Å². The zero-order valence-electron chi connectivity index (χ0n) is 13.8. The highest BCUT2D eigenvalue weighted by atomic mass is 32.2. The van der Waals surface area contributed by atoms with Gasteiger partial charge in [-0.05, 0) is 42.8 Å². The third kappa shape index (κ3) is 5.18. The molecular formula is C17H20N2O5S. The van der Waals surface area contributed by atoms with E-state index >= 15 is 0 Å². The maximum absolute atomic E-state index is 12.2. The molecule has 2 aromatic rings. The van der Waals surface area contributed by atoms with E-state index in [-0.39, 0.29) is 17.9 Å². The number of carbonyl (C=O) groups is 2. The van der Waals surface area contributed by atoms with Crippen LogP contribution >= 0.6 is 0 Å². The van der Waals surface area contributed by atoms with E-state index in [1.54, 1.807) is 24.3 Å². The van der Waals surface area contributed by atoms with Crippen LogP contribution in [0.2, 0.25) is 0 Å². The van der Waals surface area contributed by atoms with Gasteiger partial charge in [0.15, 0.2) is 0 Å². The lowest BCUT2D eigenvalue weighted by Gasteiger charge is -2.14. The molecule has 0 fully saturated rings. The van der Waals surface area contributed by atoms with Gasteiger partial charge in [0.1, 0.15) is 15.9 Å². The Morgan fingerprint density at radius 2 is 1.76 bits per heavy atom. The lowest BCUT2D eigenvalue weighted by molar-refractivity contribution is -0.139. The number of carboxylic acid groups (broad SMARTS) is 1. The number of hydrogen-bond acceptors (Lipinski definition) is 4. The Labute approximate surface area is 146 Å². The van der Waals surface area contributed by atoms with Crippen molar-refractivity contribution in [2.75, 3.05) is 11.5 Å². The monoisotopic (exact) mass is 364 g/mol. The number of nitrogens with zero attached hydrogens (tertiary/aromatic N) is 1. The van der Waals surface area contributed by atoms with Crippen LogP contribution in [0, 0.1) is 0 Å². The first-order chi connectivity index (χ1) is 11.8. The van der Waals surface area contributed by atoms with Gasteiger partial charge < -0.3 is 15.0 Å². The van der Waals surface area contributed by atoms with Crippen LogP contribution in [0.15, 0.2) is 48.8 Å². The number of aliphatic carboxylic acids is 1. The van der Waals surface area contributed by atoms with Crippen LogP contribution < -0.4 is 5.32 Å². The molecule has 134 valence electrons. The maximum atomic E-state index is 12.2. The van der Waals surface area contributed by atoms with Gasteiger partial charge in [0.25, 0.3) is 5.91 Å². The predicted molar refractivity (Wildman–Crippen MR) is 93.6 cm³/mol. The standard InChI is InChI=1S/C17H20N2O5S/c1-2-25(23,24)12-9-15(17(21)22)18-16(20)13-5-7-14(8-6-13)19-10-3-4-11-19/h3-8,10-11,15H,2,9,12H2,1H3,(H,18,20)(H,21,22). The fraction of sp³-hybridized carbons (Fsp3) is 0.294. The molecule has 2 N–H and O–H groups in total. The Balaban J connectivity index is 2.04. The minimum Gasteiger partial charge on any atom is -0.480 e. The second kappa shape index (κ2) is 7.98. The van der Waals surface area contributed by atoms with E-state index in [4.69, 9.17) is 0 Å². The van der Waals surface area contributed by atoms with Crippen LogP contribution in [0.5, 0.6) is 0 Å². The molecule has 0 saturated carbocycles. The van der Waals surface area contributed by atoms with Gasteiger partial charge in [-0.15, -0.1) is 0 Å². The van der Waals surface area contributed by atoms with E-state index in [9.17, 15) is 23.1 Å². The summed E-state index contributed by atoms with van der Waals surface area (Å²) in [4.78, 5) is 23.5. The molecule has 0 aliphatic carbocycles. The molecule has 0 radical (unpaired) electrons. The average molecular weight is 364 g/mol. The summed E-state index contributed by atoms with van der Waals surface area (Å²) in [5.74, 6) is -2.16. The van der Waals surface area contributed by atoms with E-state index in [0.29, 0.717) is 5.56 Å². The SMILES string of the molecule is CCS(=O)(=O)CCC(NC(=O)c1ccc(-n2cccc2)cc1)C(=O)O. The first-order valence-corrected chi connectivity index (χ1v) is 9.62. The lowest BCUT2D eigenvalue weighted by Crippen LogP contribution is -2.42. The Morgan fingerprint density at radius 3 is 2.28 bits per heavy atom. The van der Waals surface area contributed by atoms with Crippen LogP contribution in [0.4, 0.5) is 0 Å². The second-order valence-corrected chi connectivity index (χ2v) is 8.00. The van der Waals surface area contributed by atoms with Crippen molar-refractivity contribution in [1.82, 2.24) is 9.88 Å².